The highest BCUT2D eigenvalue weighted by Gasteiger charge is 2.26. The van der Waals surface area contributed by atoms with Crippen molar-refractivity contribution in [2.75, 3.05) is 0 Å². The van der Waals surface area contributed by atoms with Crippen LogP contribution in [-0.4, -0.2) is 28.7 Å². The van der Waals surface area contributed by atoms with Gasteiger partial charge in [0.15, 0.2) is 0 Å². The molecule has 0 aliphatic rings. The fraction of sp³-hybridized carbons (Fsp3) is 0.818. The van der Waals surface area contributed by atoms with Gasteiger partial charge in [-0.15, -0.1) is 0 Å². The third-order valence-electron chi connectivity index (χ3n) is 2.38. The topological polar surface area (TPSA) is 90.5 Å². The molecule has 0 radical (unpaired) electrons. The largest absolute Gasteiger partial charge is 0.334 e. The summed E-state index contributed by atoms with van der Waals surface area (Å²) in [4.78, 5) is 23.0. The second-order valence-electron chi connectivity index (χ2n) is 5.19. The first kappa shape index (κ1) is 15.7. The van der Waals surface area contributed by atoms with Crippen molar-refractivity contribution >= 4 is 11.9 Å². The van der Waals surface area contributed by atoms with Crippen LogP contribution >= 0.6 is 0 Å². The lowest BCUT2D eigenvalue weighted by Crippen LogP contribution is -2.55. The maximum absolute atomic E-state index is 11.6. The first-order valence-corrected chi connectivity index (χ1v) is 5.74. The van der Waals surface area contributed by atoms with Crippen molar-refractivity contribution in [1.82, 2.24) is 16.1 Å². The molecule has 0 aromatic carbocycles. The molecule has 0 rings (SSSR count). The molecule has 0 heterocycles. The second-order valence-corrected chi connectivity index (χ2v) is 5.19. The van der Waals surface area contributed by atoms with Gasteiger partial charge in [0.25, 0.3) is 5.91 Å². The lowest BCUT2D eigenvalue weighted by Gasteiger charge is -2.26. The van der Waals surface area contributed by atoms with Crippen molar-refractivity contribution in [2.24, 2.45) is 5.92 Å². The standard InChI is InChI=1S/C11H23N3O3/c1-6-7(2)8(9(15)14-17)12-10(16)13-11(3,4)5/h7-8,17H,6H2,1-5H3,(H,14,15)(H2,12,13,16)/t7?,8-/m0/s1. The molecule has 0 aliphatic heterocycles. The molecule has 0 fully saturated rings. The zero-order valence-electron chi connectivity index (χ0n) is 11.1. The van der Waals surface area contributed by atoms with Gasteiger partial charge in [0.2, 0.25) is 0 Å². The Labute approximate surface area is 102 Å². The van der Waals surface area contributed by atoms with Crippen LogP contribution in [0.25, 0.3) is 0 Å². The summed E-state index contributed by atoms with van der Waals surface area (Å²) < 4.78 is 0. The highest BCUT2D eigenvalue weighted by atomic mass is 16.5. The van der Waals surface area contributed by atoms with E-state index in [1.165, 1.54) is 0 Å². The molecule has 0 saturated carbocycles. The molecule has 6 heteroatoms. The lowest BCUT2D eigenvalue weighted by atomic mass is 9.99. The van der Waals surface area contributed by atoms with E-state index in [-0.39, 0.29) is 11.5 Å². The summed E-state index contributed by atoms with van der Waals surface area (Å²) in [6.07, 6.45) is 0.716. The highest BCUT2D eigenvalue weighted by Crippen LogP contribution is 2.08. The van der Waals surface area contributed by atoms with E-state index in [0.717, 1.165) is 0 Å². The smallest absolute Gasteiger partial charge is 0.315 e. The zero-order valence-corrected chi connectivity index (χ0v) is 11.1. The maximum atomic E-state index is 11.6. The molecule has 1 unspecified atom stereocenters. The average Bonchev–Trinajstić information content (AvgIpc) is 2.21. The molecule has 0 spiro atoms. The molecule has 100 valence electrons. The van der Waals surface area contributed by atoms with Crippen LogP contribution < -0.4 is 16.1 Å². The minimum atomic E-state index is -0.743. The Morgan fingerprint density at radius 1 is 1.29 bits per heavy atom. The highest BCUT2D eigenvalue weighted by molar-refractivity contribution is 5.86. The molecule has 0 aliphatic carbocycles. The monoisotopic (exact) mass is 245 g/mol. The van der Waals surface area contributed by atoms with Gasteiger partial charge in [-0.2, -0.15) is 0 Å². The van der Waals surface area contributed by atoms with Gasteiger partial charge in [-0.1, -0.05) is 20.3 Å². The van der Waals surface area contributed by atoms with Crippen LogP contribution in [0.5, 0.6) is 0 Å². The minimum Gasteiger partial charge on any atom is -0.334 e. The zero-order chi connectivity index (χ0) is 13.6. The van der Waals surface area contributed by atoms with Crippen LogP contribution in [-0.2, 0) is 4.79 Å². The second kappa shape index (κ2) is 6.44. The summed E-state index contributed by atoms with van der Waals surface area (Å²) >= 11 is 0. The number of hydrogen-bond donors (Lipinski definition) is 4. The summed E-state index contributed by atoms with van der Waals surface area (Å²) in [5.41, 5.74) is 1.19. The molecule has 2 atom stereocenters. The van der Waals surface area contributed by atoms with Crippen LogP contribution in [0, 0.1) is 5.92 Å². The number of amides is 3. The number of hydrogen-bond acceptors (Lipinski definition) is 3. The van der Waals surface area contributed by atoms with Crippen LogP contribution in [0.1, 0.15) is 41.0 Å². The normalized spacial score (nSPS) is 14.7. The van der Waals surface area contributed by atoms with Crippen molar-refractivity contribution in [3.63, 3.8) is 0 Å². The maximum Gasteiger partial charge on any atom is 0.315 e. The fourth-order valence-corrected chi connectivity index (χ4v) is 1.29. The minimum absolute atomic E-state index is 0.0622. The van der Waals surface area contributed by atoms with Gasteiger partial charge in [0.05, 0.1) is 0 Å². The van der Waals surface area contributed by atoms with E-state index in [1.807, 2.05) is 34.6 Å². The van der Waals surface area contributed by atoms with Gasteiger partial charge < -0.3 is 10.6 Å². The molecular formula is C11H23N3O3. The Bertz CT molecular complexity index is 274. The average molecular weight is 245 g/mol. The third-order valence-corrected chi connectivity index (χ3v) is 2.38. The summed E-state index contributed by atoms with van der Waals surface area (Å²) in [7, 11) is 0. The number of carbonyl (C=O) groups excluding carboxylic acids is 2. The Morgan fingerprint density at radius 2 is 1.82 bits per heavy atom. The molecule has 0 aromatic rings. The molecule has 0 aromatic heterocycles. The molecule has 6 nitrogen and oxygen atoms in total. The van der Waals surface area contributed by atoms with E-state index in [9.17, 15) is 9.59 Å². The number of carbonyl (C=O) groups is 2. The van der Waals surface area contributed by atoms with Crippen molar-refractivity contribution in [3.05, 3.63) is 0 Å². The van der Waals surface area contributed by atoms with Crippen LogP contribution in [0.2, 0.25) is 0 Å². The lowest BCUT2D eigenvalue weighted by molar-refractivity contribution is -0.132. The van der Waals surface area contributed by atoms with Gasteiger partial charge in [-0.3, -0.25) is 10.0 Å². The number of rotatable bonds is 4. The van der Waals surface area contributed by atoms with E-state index in [0.29, 0.717) is 6.42 Å². The van der Waals surface area contributed by atoms with Gasteiger partial charge in [-0.25, -0.2) is 10.3 Å². The van der Waals surface area contributed by atoms with Gasteiger partial charge in [0, 0.05) is 5.54 Å². The van der Waals surface area contributed by atoms with E-state index in [2.05, 4.69) is 10.6 Å². The molecule has 0 saturated heterocycles. The van der Waals surface area contributed by atoms with E-state index >= 15 is 0 Å². The Kier molecular flexibility index (Phi) is 5.95. The molecule has 0 bridgehead atoms. The van der Waals surface area contributed by atoms with Gasteiger partial charge in [0.1, 0.15) is 6.04 Å². The number of urea groups is 1. The van der Waals surface area contributed by atoms with Gasteiger partial charge in [-0.05, 0) is 26.7 Å². The van der Waals surface area contributed by atoms with Crippen LogP contribution in [0.4, 0.5) is 4.79 Å². The van der Waals surface area contributed by atoms with Crippen molar-refractivity contribution < 1.29 is 14.8 Å². The number of hydroxylamine groups is 1. The van der Waals surface area contributed by atoms with Crippen LogP contribution in [0.3, 0.4) is 0 Å². The number of nitrogens with one attached hydrogen (secondary N) is 3. The fourth-order valence-electron chi connectivity index (χ4n) is 1.29. The quantitative estimate of drug-likeness (QED) is 0.440. The summed E-state index contributed by atoms with van der Waals surface area (Å²) in [5, 5.41) is 13.9. The molecule has 17 heavy (non-hydrogen) atoms. The Morgan fingerprint density at radius 3 is 2.18 bits per heavy atom. The Balaban J connectivity index is 4.54. The van der Waals surface area contributed by atoms with Crippen molar-refractivity contribution in [1.29, 1.82) is 0 Å². The van der Waals surface area contributed by atoms with Crippen LogP contribution in [0.15, 0.2) is 0 Å². The van der Waals surface area contributed by atoms with Crippen molar-refractivity contribution in [2.45, 2.75) is 52.6 Å². The first-order chi connectivity index (χ1) is 7.71. The van der Waals surface area contributed by atoms with Crippen molar-refractivity contribution in [3.8, 4) is 0 Å². The summed E-state index contributed by atoms with van der Waals surface area (Å²) in [6, 6.07) is -1.17. The third kappa shape index (κ3) is 6.11. The van der Waals surface area contributed by atoms with E-state index < -0.39 is 18.0 Å². The summed E-state index contributed by atoms with van der Waals surface area (Å²) in [5.74, 6) is -0.670. The van der Waals surface area contributed by atoms with E-state index in [1.54, 1.807) is 5.48 Å². The summed E-state index contributed by atoms with van der Waals surface area (Å²) in [6.45, 7) is 9.27. The predicted octanol–water partition coefficient (Wildman–Crippen LogP) is 1.00. The SMILES string of the molecule is CCC(C)[C@H](NC(=O)NC(C)(C)C)C(=O)NO. The molecule has 3 amide bonds. The molecular weight excluding hydrogens is 222 g/mol. The molecule has 4 N–H and O–H groups in total. The predicted molar refractivity (Wildman–Crippen MR) is 64.6 cm³/mol. The first-order valence-electron chi connectivity index (χ1n) is 5.74. The van der Waals surface area contributed by atoms with E-state index in [4.69, 9.17) is 5.21 Å². The Hall–Kier alpha value is -1.30. The van der Waals surface area contributed by atoms with Gasteiger partial charge >= 0.3 is 6.03 Å².